The largest absolute Gasteiger partial charge is 0.309 e. The van der Waals surface area contributed by atoms with Crippen LogP contribution in [0.1, 0.15) is 22.6 Å². The van der Waals surface area contributed by atoms with Crippen molar-refractivity contribution in [3.8, 4) is 61.3 Å². The Morgan fingerprint density at radius 3 is 1.62 bits per heavy atom. The van der Waals surface area contributed by atoms with Gasteiger partial charge in [0.2, 0.25) is 0 Å². The van der Waals surface area contributed by atoms with Crippen LogP contribution in [0, 0.1) is 0 Å². The second-order valence-corrected chi connectivity index (χ2v) is 16.1. The highest BCUT2D eigenvalue weighted by Gasteiger charge is 2.30. The number of aromatic nitrogens is 1. The molecule has 1 atom stereocenters. The van der Waals surface area contributed by atoms with E-state index in [1.807, 2.05) is 0 Å². The van der Waals surface area contributed by atoms with E-state index in [-0.39, 0.29) is 5.92 Å². The molecule has 1 aliphatic rings. The summed E-state index contributed by atoms with van der Waals surface area (Å²) in [6, 6.07) is 84.9. The summed E-state index contributed by atoms with van der Waals surface area (Å²) < 4.78 is 2.41. The fraction of sp³-hybridized carbons (Fsp3) is 0.0169. The van der Waals surface area contributed by atoms with E-state index in [0.29, 0.717) is 0 Å². The van der Waals surface area contributed by atoms with Crippen molar-refractivity contribution in [1.82, 2.24) is 4.57 Å². The van der Waals surface area contributed by atoms with Gasteiger partial charge in [0.15, 0.2) is 0 Å². The van der Waals surface area contributed by atoms with E-state index in [0.717, 1.165) is 5.69 Å². The van der Waals surface area contributed by atoms with Crippen LogP contribution in [0.5, 0.6) is 0 Å². The maximum absolute atomic E-state index is 2.43. The lowest BCUT2D eigenvalue weighted by atomic mass is 9.87. The molecule has 280 valence electrons. The molecule has 1 heterocycles. The van der Waals surface area contributed by atoms with E-state index >= 15 is 0 Å². The van der Waals surface area contributed by atoms with Crippen LogP contribution < -0.4 is 0 Å². The van der Waals surface area contributed by atoms with Crippen molar-refractivity contribution in [1.29, 1.82) is 0 Å². The van der Waals surface area contributed by atoms with E-state index in [1.54, 1.807) is 0 Å². The third-order valence-electron chi connectivity index (χ3n) is 12.7. The first-order chi connectivity index (χ1) is 29.7. The van der Waals surface area contributed by atoms with Gasteiger partial charge < -0.3 is 4.57 Å². The van der Waals surface area contributed by atoms with Gasteiger partial charge in [0.1, 0.15) is 0 Å². The number of hydrogen-bond acceptors (Lipinski definition) is 0. The highest BCUT2D eigenvalue weighted by Crippen LogP contribution is 2.50. The topological polar surface area (TPSA) is 4.93 Å². The van der Waals surface area contributed by atoms with Gasteiger partial charge in [0.05, 0.1) is 11.0 Å². The van der Waals surface area contributed by atoms with Crippen molar-refractivity contribution in [2.24, 2.45) is 0 Å². The van der Waals surface area contributed by atoms with Crippen molar-refractivity contribution in [2.75, 3.05) is 0 Å². The first-order valence-corrected chi connectivity index (χ1v) is 20.9. The maximum atomic E-state index is 2.43. The van der Waals surface area contributed by atoms with Crippen molar-refractivity contribution in [3.63, 3.8) is 0 Å². The Morgan fingerprint density at radius 1 is 0.283 bits per heavy atom. The summed E-state index contributed by atoms with van der Waals surface area (Å²) in [5, 5.41) is 5.04. The molecule has 0 aliphatic heterocycles. The Labute approximate surface area is 350 Å². The summed E-state index contributed by atoms with van der Waals surface area (Å²) in [4.78, 5) is 0. The van der Waals surface area contributed by atoms with Crippen molar-refractivity contribution >= 4 is 32.6 Å². The lowest BCUT2D eigenvalue weighted by Gasteiger charge is -2.16. The smallest absolute Gasteiger partial charge is 0.0547 e. The van der Waals surface area contributed by atoms with Crippen LogP contribution in [0.2, 0.25) is 0 Å². The van der Waals surface area contributed by atoms with Gasteiger partial charge >= 0.3 is 0 Å². The molecule has 1 aliphatic carbocycles. The lowest BCUT2D eigenvalue weighted by molar-refractivity contribution is 1.02. The van der Waals surface area contributed by atoms with Crippen molar-refractivity contribution in [3.05, 3.63) is 247 Å². The minimum atomic E-state index is 0.181. The van der Waals surface area contributed by atoms with E-state index in [4.69, 9.17) is 0 Å². The molecule has 0 bridgehead atoms. The average Bonchev–Trinajstić information content (AvgIpc) is 3.83. The predicted molar refractivity (Wildman–Crippen MR) is 253 cm³/mol. The molecule has 11 aromatic rings. The van der Waals surface area contributed by atoms with E-state index in [9.17, 15) is 0 Å². The fourth-order valence-electron chi connectivity index (χ4n) is 9.71. The van der Waals surface area contributed by atoms with Gasteiger partial charge in [-0.2, -0.15) is 0 Å². The number of para-hydroxylation sites is 1. The van der Waals surface area contributed by atoms with Gasteiger partial charge in [0.25, 0.3) is 0 Å². The van der Waals surface area contributed by atoms with Gasteiger partial charge in [-0.1, -0.05) is 182 Å². The first kappa shape index (κ1) is 34.3. The van der Waals surface area contributed by atoms with Gasteiger partial charge in [-0.25, -0.2) is 0 Å². The Hall–Kier alpha value is -7.74. The molecule has 0 fully saturated rings. The third-order valence-corrected chi connectivity index (χ3v) is 12.7. The maximum Gasteiger partial charge on any atom is 0.0547 e. The molecule has 0 N–H and O–H groups in total. The number of nitrogens with zero attached hydrogens (tertiary/aromatic N) is 1. The fourth-order valence-corrected chi connectivity index (χ4v) is 9.71. The summed E-state index contributed by atoms with van der Waals surface area (Å²) in [7, 11) is 0. The summed E-state index contributed by atoms with van der Waals surface area (Å²) >= 11 is 0. The van der Waals surface area contributed by atoms with Gasteiger partial charge in [-0.15, -0.1) is 0 Å². The number of benzene rings is 10. The van der Waals surface area contributed by atoms with Crippen LogP contribution in [-0.4, -0.2) is 4.57 Å². The standard InChI is InChI=1S/C59H39N/c1-4-12-39(13-5-1)49-27-31-52-55-36-47(29-33-57(55)60(58(52)38-49)50-18-8-3-9-19-50)42-22-20-41(21-23-42)46-28-32-53-54(35-46)51-30-26-48(37-56(51)59(53)43-15-6-2-7-16-43)45-25-24-40-14-10-11-17-44(40)34-45/h1-38,59H. The molecule has 60 heavy (non-hydrogen) atoms. The normalized spacial score (nSPS) is 13.2. The molecular formula is C59H39N. The zero-order valence-corrected chi connectivity index (χ0v) is 33.0. The van der Waals surface area contributed by atoms with Crippen molar-refractivity contribution < 1.29 is 0 Å². The van der Waals surface area contributed by atoms with Gasteiger partial charge in [-0.05, 0) is 132 Å². The van der Waals surface area contributed by atoms with Crippen LogP contribution >= 0.6 is 0 Å². The Balaban J connectivity index is 0.914. The van der Waals surface area contributed by atoms with Crippen LogP contribution in [0.25, 0.3) is 93.9 Å². The summed E-state index contributed by atoms with van der Waals surface area (Å²) in [5.41, 5.74) is 20.1. The molecular weight excluding hydrogens is 723 g/mol. The molecule has 10 aromatic carbocycles. The molecule has 0 saturated carbocycles. The molecule has 12 rings (SSSR count). The molecule has 1 nitrogen and oxygen atoms in total. The first-order valence-electron chi connectivity index (χ1n) is 20.9. The summed E-state index contributed by atoms with van der Waals surface area (Å²) in [6.45, 7) is 0. The lowest BCUT2D eigenvalue weighted by Crippen LogP contribution is -1.99. The van der Waals surface area contributed by atoms with Gasteiger partial charge in [0, 0.05) is 22.4 Å². The molecule has 0 saturated heterocycles. The molecule has 0 spiro atoms. The monoisotopic (exact) mass is 761 g/mol. The minimum absolute atomic E-state index is 0.181. The Kier molecular flexibility index (Phi) is 7.99. The van der Waals surface area contributed by atoms with Crippen LogP contribution in [0.3, 0.4) is 0 Å². The third kappa shape index (κ3) is 5.70. The van der Waals surface area contributed by atoms with Crippen molar-refractivity contribution in [2.45, 2.75) is 5.92 Å². The molecule has 1 unspecified atom stereocenters. The number of fused-ring (bicyclic) bond motifs is 7. The van der Waals surface area contributed by atoms with Crippen LogP contribution in [0.15, 0.2) is 231 Å². The average molecular weight is 762 g/mol. The number of rotatable bonds is 6. The Bertz CT molecular complexity index is 3390. The second-order valence-electron chi connectivity index (χ2n) is 16.1. The molecule has 0 radical (unpaired) electrons. The zero-order chi connectivity index (χ0) is 39.6. The van der Waals surface area contributed by atoms with Crippen LogP contribution in [0.4, 0.5) is 0 Å². The van der Waals surface area contributed by atoms with Crippen LogP contribution in [-0.2, 0) is 0 Å². The SMILES string of the molecule is c1ccc(-c2ccc3c4cc(-c5ccc(-c6ccc7c(c6)-c6ccc(-c8ccc9ccccc9c8)cc6C7c6ccccc6)cc5)ccc4n(-c4ccccc4)c3c2)cc1. The second kappa shape index (κ2) is 14.0. The Morgan fingerprint density at radius 2 is 0.833 bits per heavy atom. The molecule has 0 amide bonds. The zero-order valence-electron chi connectivity index (χ0n) is 33.0. The van der Waals surface area contributed by atoms with E-state index in [1.165, 1.54) is 105 Å². The quantitative estimate of drug-likeness (QED) is 0.159. The van der Waals surface area contributed by atoms with Gasteiger partial charge in [-0.3, -0.25) is 0 Å². The van der Waals surface area contributed by atoms with E-state index < -0.39 is 0 Å². The minimum Gasteiger partial charge on any atom is -0.309 e. The number of hydrogen-bond donors (Lipinski definition) is 0. The van der Waals surface area contributed by atoms with E-state index in [2.05, 4.69) is 235 Å². The highest BCUT2D eigenvalue weighted by molar-refractivity contribution is 6.11. The highest BCUT2D eigenvalue weighted by atomic mass is 15.0. The molecule has 1 heteroatoms. The molecule has 1 aromatic heterocycles. The summed E-state index contributed by atoms with van der Waals surface area (Å²) in [6.07, 6.45) is 0. The predicted octanol–water partition coefficient (Wildman–Crippen LogP) is 15.8. The summed E-state index contributed by atoms with van der Waals surface area (Å²) in [5.74, 6) is 0.181.